The van der Waals surface area contributed by atoms with Crippen molar-refractivity contribution in [2.45, 2.75) is 44.4 Å². The van der Waals surface area contributed by atoms with Gasteiger partial charge in [0.05, 0.1) is 19.2 Å². The zero-order valence-electron chi connectivity index (χ0n) is 14.0. The van der Waals surface area contributed by atoms with Gasteiger partial charge in [-0.2, -0.15) is 0 Å². The van der Waals surface area contributed by atoms with Gasteiger partial charge in [-0.15, -0.1) is 0 Å². The highest BCUT2D eigenvalue weighted by Crippen LogP contribution is 2.39. The van der Waals surface area contributed by atoms with Crippen LogP contribution in [0.25, 0.3) is 0 Å². The number of ether oxygens (including phenoxy) is 2. The quantitative estimate of drug-likeness (QED) is 0.859. The van der Waals surface area contributed by atoms with E-state index >= 15 is 0 Å². The molecule has 126 valence electrons. The van der Waals surface area contributed by atoms with E-state index < -0.39 is 11.2 Å². The Morgan fingerprint density at radius 1 is 1.52 bits per heavy atom. The van der Waals surface area contributed by atoms with Crippen LogP contribution < -0.4 is 5.32 Å². The van der Waals surface area contributed by atoms with Gasteiger partial charge in [0, 0.05) is 25.5 Å². The number of likely N-dealkylation sites (tertiary alicyclic amines) is 1. The van der Waals surface area contributed by atoms with Crippen LogP contribution in [0.2, 0.25) is 0 Å². The molecule has 23 heavy (non-hydrogen) atoms. The minimum Gasteiger partial charge on any atom is -0.444 e. The maximum atomic E-state index is 12.3. The number of hydrogen-bond acceptors (Lipinski definition) is 5. The van der Waals surface area contributed by atoms with Crippen LogP contribution in [-0.4, -0.2) is 53.4 Å². The van der Waals surface area contributed by atoms with Crippen LogP contribution >= 0.6 is 0 Å². The zero-order chi connectivity index (χ0) is 16.5. The van der Waals surface area contributed by atoms with E-state index in [1.165, 1.54) is 0 Å². The van der Waals surface area contributed by atoms with Crippen LogP contribution in [0.15, 0.2) is 24.5 Å². The number of rotatable bonds is 1. The normalized spacial score (nSPS) is 28.1. The third-order valence-electron chi connectivity index (χ3n) is 4.30. The number of aromatic nitrogens is 1. The molecule has 2 aliphatic heterocycles. The van der Waals surface area contributed by atoms with E-state index in [0.29, 0.717) is 19.7 Å². The van der Waals surface area contributed by atoms with Gasteiger partial charge in [0.25, 0.3) is 0 Å². The van der Waals surface area contributed by atoms with Gasteiger partial charge >= 0.3 is 6.09 Å². The second-order valence-electron chi connectivity index (χ2n) is 7.24. The Bertz CT molecular complexity index is 558. The highest BCUT2D eigenvalue weighted by molar-refractivity contribution is 5.68. The summed E-state index contributed by atoms with van der Waals surface area (Å²) in [5, 5.41) is 3.53. The van der Waals surface area contributed by atoms with Crippen molar-refractivity contribution in [3.8, 4) is 0 Å². The summed E-state index contributed by atoms with van der Waals surface area (Å²) >= 11 is 0. The molecule has 0 bridgehead atoms. The fourth-order valence-electron chi connectivity index (χ4n) is 3.34. The lowest BCUT2D eigenvalue weighted by atomic mass is 9.87. The molecule has 3 rings (SSSR count). The number of hydrogen-bond donors (Lipinski definition) is 1. The molecule has 0 aliphatic carbocycles. The van der Waals surface area contributed by atoms with Crippen molar-refractivity contribution in [1.29, 1.82) is 0 Å². The van der Waals surface area contributed by atoms with Gasteiger partial charge in [0.2, 0.25) is 0 Å². The van der Waals surface area contributed by atoms with Crippen molar-refractivity contribution >= 4 is 6.09 Å². The average Bonchev–Trinajstić information content (AvgIpc) is 2.92. The van der Waals surface area contributed by atoms with Gasteiger partial charge in [-0.3, -0.25) is 4.98 Å². The molecule has 2 fully saturated rings. The highest BCUT2D eigenvalue weighted by Gasteiger charge is 2.49. The van der Waals surface area contributed by atoms with Crippen molar-refractivity contribution in [2.75, 3.05) is 26.2 Å². The maximum absolute atomic E-state index is 12.3. The molecular weight excluding hydrogens is 294 g/mol. The fraction of sp³-hybridized carbons (Fsp3) is 0.647. The van der Waals surface area contributed by atoms with Crippen LogP contribution in [0.1, 0.15) is 38.8 Å². The lowest BCUT2D eigenvalue weighted by Gasteiger charge is -2.42. The smallest absolute Gasteiger partial charge is 0.410 e. The Labute approximate surface area is 137 Å². The van der Waals surface area contributed by atoms with E-state index in [2.05, 4.69) is 16.4 Å². The van der Waals surface area contributed by atoms with Gasteiger partial charge < -0.3 is 19.7 Å². The fourth-order valence-corrected chi connectivity index (χ4v) is 3.34. The summed E-state index contributed by atoms with van der Waals surface area (Å²) in [6, 6.07) is 4.02. The lowest BCUT2D eigenvalue weighted by molar-refractivity contribution is -0.0902. The van der Waals surface area contributed by atoms with Crippen LogP contribution in [0.3, 0.4) is 0 Å². The highest BCUT2D eigenvalue weighted by atomic mass is 16.6. The van der Waals surface area contributed by atoms with Crippen molar-refractivity contribution < 1.29 is 14.3 Å². The van der Waals surface area contributed by atoms with Gasteiger partial charge in [0.1, 0.15) is 11.2 Å². The molecule has 6 nitrogen and oxygen atoms in total. The predicted octanol–water partition coefficient (Wildman–Crippen LogP) is 2.12. The van der Waals surface area contributed by atoms with Crippen molar-refractivity contribution in [2.24, 2.45) is 0 Å². The van der Waals surface area contributed by atoms with E-state index in [0.717, 1.165) is 18.5 Å². The number of nitrogens with zero attached hydrogens (tertiary/aromatic N) is 2. The van der Waals surface area contributed by atoms with E-state index in [4.69, 9.17) is 9.47 Å². The van der Waals surface area contributed by atoms with Gasteiger partial charge in [-0.1, -0.05) is 6.07 Å². The largest absolute Gasteiger partial charge is 0.444 e. The third kappa shape index (κ3) is 3.48. The summed E-state index contributed by atoms with van der Waals surface area (Å²) in [4.78, 5) is 18.3. The van der Waals surface area contributed by atoms with Gasteiger partial charge in [0.15, 0.2) is 0 Å². The molecule has 0 radical (unpaired) electrons. The lowest BCUT2D eigenvalue weighted by Crippen LogP contribution is -2.54. The number of morpholine rings is 1. The van der Waals surface area contributed by atoms with E-state index in [-0.39, 0.29) is 12.1 Å². The SMILES string of the molecule is CC(C)(C)OC(=O)N1CCC2(C1)OCCNC2c1cccnc1. The Balaban J connectivity index is 1.77. The summed E-state index contributed by atoms with van der Waals surface area (Å²) in [6.45, 7) is 8.28. The second kappa shape index (κ2) is 6.09. The summed E-state index contributed by atoms with van der Waals surface area (Å²) in [6.07, 6.45) is 4.15. The zero-order valence-corrected chi connectivity index (χ0v) is 14.0. The van der Waals surface area contributed by atoms with E-state index in [9.17, 15) is 4.79 Å². The molecule has 2 aliphatic rings. The molecule has 2 atom stereocenters. The Hall–Kier alpha value is -1.66. The molecule has 2 unspecified atom stereocenters. The second-order valence-corrected chi connectivity index (χ2v) is 7.24. The minimum absolute atomic E-state index is 0.0392. The topological polar surface area (TPSA) is 63.7 Å². The van der Waals surface area contributed by atoms with Crippen molar-refractivity contribution in [1.82, 2.24) is 15.2 Å². The molecule has 1 N–H and O–H groups in total. The summed E-state index contributed by atoms with van der Waals surface area (Å²) in [5.74, 6) is 0. The number of amides is 1. The summed E-state index contributed by atoms with van der Waals surface area (Å²) in [7, 11) is 0. The number of pyridine rings is 1. The minimum atomic E-state index is -0.485. The maximum Gasteiger partial charge on any atom is 0.410 e. The molecule has 1 spiro atoms. The molecule has 6 heteroatoms. The van der Waals surface area contributed by atoms with Gasteiger partial charge in [-0.05, 0) is 38.8 Å². The summed E-state index contributed by atoms with van der Waals surface area (Å²) in [5.41, 5.74) is 0.206. The third-order valence-corrected chi connectivity index (χ3v) is 4.30. The first-order chi connectivity index (χ1) is 10.9. The molecule has 2 saturated heterocycles. The molecule has 0 saturated carbocycles. The summed E-state index contributed by atoms with van der Waals surface area (Å²) < 4.78 is 11.7. The van der Waals surface area contributed by atoms with Crippen LogP contribution in [0.4, 0.5) is 4.79 Å². The molecule has 1 aromatic rings. The number of carbonyl (C=O) groups excluding carboxylic acids is 1. The number of carbonyl (C=O) groups is 1. The van der Waals surface area contributed by atoms with Crippen LogP contribution in [0.5, 0.6) is 0 Å². The first kappa shape index (κ1) is 16.2. The predicted molar refractivity (Wildman–Crippen MR) is 86.1 cm³/mol. The van der Waals surface area contributed by atoms with Crippen LogP contribution in [0, 0.1) is 0 Å². The molecule has 1 amide bonds. The Morgan fingerprint density at radius 2 is 2.35 bits per heavy atom. The Kier molecular flexibility index (Phi) is 4.29. The first-order valence-electron chi connectivity index (χ1n) is 8.15. The Morgan fingerprint density at radius 3 is 3.04 bits per heavy atom. The molecule has 3 heterocycles. The number of nitrogens with one attached hydrogen (secondary N) is 1. The first-order valence-corrected chi connectivity index (χ1v) is 8.15. The monoisotopic (exact) mass is 319 g/mol. The molecule has 1 aromatic heterocycles. The van der Waals surface area contributed by atoms with Crippen molar-refractivity contribution in [3.63, 3.8) is 0 Å². The van der Waals surface area contributed by atoms with Crippen LogP contribution in [-0.2, 0) is 9.47 Å². The average molecular weight is 319 g/mol. The molecular formula is C17H25N3O3. The standard InChI is InChI=1S/C17H25N3O3/c1-16(2,3)23-15(21)20-9-6-17(12-20)14(19-8-10-22-17)13-5-4-7-18-11-13/h4-5,7,11,14,19H,6,8-10,12H2,1-3H3. The van der Waals surface area contributed by atoms with E-state index in [1.807, 2.05) is 33.0 Å². The van der Waals surface area contributed by atoms with Gasteiger partial charge in [-0.25, -0.2) is 4.79 Å². The van der Waals surface area contributed by atoms with E-state index in [1.54, 1.807) is 11.1 Å². The van der Waals surface area contributed by atoms with Crippen molar-refractivity contribution in [3.05, 3.63) is 30.1 Å². The molecule has 0 aromatic carbocycles.